The van der Waals surface area contributed by atoms with Gasteiger partial charge in [-0.25, -0.2) is 0 Å². The van der Waals surface area contributed by atoms with Crippen molar-refractivity contribution in [3.8, 4) is 22.6 Å². The van der Waals surface area contributed by atoms with Gasteiger partial charge in [0.1, 0.15) is 11.5 Å². The van der Waals surface area contributed by atoms with Gasteiger partial charge in [-0.15, -0.1) is 0 Å². The molecule has 0 N–H and O–H groups in total. The van der Waals surface area contributed by atoms with Gasteiger partial charge in [0, 0.05) is 0 Å². The molecule has 0 aromatic heterocycles. The second-order valence-corrected chi connectivity index (χ2v) is 7.27. The molecule has 3 aromatic rings. The standard InChI is InChI=1S/C23H24O/c1-17-5-13-21(14-6-17)24-22-15-9-19(10-16-22)18-7-11-20(12-8-18)23(2,3)4/h5-16H,1-4H3. The Kier molecular flexibility index (Phi) is 4.44. The Bertz CT molecular complexity index is 789. The van der Waals surface area contributed by atoms with Crippen LogP contribution in [-0.4, -0.2) is 0 Å². The van der Waals surface area contributed by atoms with Crippen molar-refractivity contribution in [2.75, 3.05) is 0 Å². The van der Waals surface area contributed by atoms with Crippen LogP contribution in [0.15, 0.2) is 72.8 Å². The van der Waals surface area contributed by atoms with Crippen molar-refractivity contribution in [3.63, 3.8) is 0 Å². The van der Waals surface area contributed by atoms with Gasteiger partial charge >= 0.3 is 0 Å². The van der Waals surface area contributed by atoms with E-state index in [9.17, 15) is 0 Å². The van der Waals surface area contributed by atoms with Gasteiger partial charge in [0.15, 0.2) is 0 Å². The van der Waals surface area contributed by atoms with E-state index < -0.39 is 0 Å². The lowest BCUT2D eigenvalue weighted by Crippen LogP contribution is -2.10. The minimum absolute atomic E-state index is 0.185. The van der Waals surface area contributed by atoms with Gasteiger partial charge < -0.3 is 4.74 Å². The largest absolute Gasteiger partial charge is 0.457 e. The van der Waals surface area contributed by atoms with Crippen LogP contribution in [0.4, 0.5) is 0 Å². The van der Waals surface area contributed by atoms with Crippen molar-refractivity contribution in [3.05, 3.63) is 83.9 Å². The minimum atomic E-state index is 0.185. The molecular weight excluding hydrogens is 292 g/mol. The minimum Gasteiger partial charge on any atom is -0.457 e. The van der Waals surface area contributed by atoms with E-state index in [0.717, 1.165) is 11.5 Å². The molecule has 1 heteroatoms. The van der Waals surface area contributed by atoms with Crippen LogP contribution in [0.3, 0.4) is 0 Å². The maximum atomic E-state index is 5.89. The lowest BCUT2D eigenvalue weighted by atomic mass is 9.86. The molecule has 0 fully saturated rings. The average Bonchev–Trinajstić information content (AvgIpc) is 2.57. The molecule has 1 nitrogen and oxygen atoms in total. The van der Waals surface area contributed by atoms with Crippen molar-refractivity contribution >= 4 is 0 Å². The first-order chi connectivity index (χ1) is 11.4. The maximum absolute atomic E-state index is 5.89. The van der Waals surface area contributed by atoms with Gasteiger partial charge in [0.2, 0.25) is 0 Å². The highest BCUT2D eigenvalue weighted by Gasteiger charge is 2.13. The lowest BCUT2D eigenvalue weighted by molar-refractivity contribution is 0.482. The topological polar surface area (TPSA) is 9.23 Å². The molecular formula is C23H24O. The summed E-state index contributed by atoms with van der Waals surface area (Å²) in [5.74, 6) is 1.72. The molecule has 0 bridgehead atoms. The lowest BCUT2D eigenvalue weighted by Gasteiger charge is -2.19. The molecule has 0 heterocycles. The van der Waals surface area contributed by atoms with Gasteiger partial charge in [-0.3, -0.25) is 0 Å². The van der Waals surface area contributed by atoms with E-state index in [1.807, 2.05) is 24.3 Å². The number of hydrogen-bond donors (Lipinski definition) is 0. The fourth-order valence-electron chi connectivity index (χ4n) is 2.62. The van der Waals surface area contributed by atoms with Crippen molar-refractivity contribution in [2.24, 2.45) is 0 Å². The molecule has 0 aliphatic rings. The highest BCUT2D eigenvalue weighted by Crippen LogP contribution is 2.28. The highest BCUT2D eigenvalue weighted by molar-refractivity contribution is 5.64. The van der Waals surface area contributed by atoms with Crippen LogP contribution in [0.25, 0.3) is 11.1 Å². The zero-order valence-corrected chi connectivity index (χ0v) is 14.8. The zero-order valence-electron chi connectivity index (χ0n) is 14.8. The second-order valence-electron chi connectivity index (χ2n) is 7.27. The average molecular weight is 316 g/mol. The van der Waals surface area contributed by atoms with Crippen molar-refractivity contribution in [1.82, 2.24) is 0 Å². The summed E-state index contributed by atoms with van der Waals surface area (Å²) >= 11 is 0. The Morgan fingerprint density at radius 3 is 1.46 bits per heavy atom. The Balaban J connectivity index is 1.75. The van der Waals surface area contributed by atoms with Gasteiger partial charge in [0.05, 0.1) is 0 Å². The van der Waals surface area contributed by atoms with E-state index in [2.05, 4.69) is 76.2 Å². The molecule has 0 aliphatic heterocycles. The molecule has 3 aromatic carbocycles. The first-order valence-corrected chi connectivity index (χ1v) is 8.37. The van der Waals surface area contributed by atoms with E-state index in [4.69, 9.17) is 4.74 Å². The van der Waals surface area contributed by atoms with E-state index in [1.165, 1.54) is 22.3 Å². The third-order valence-corrected chi connectivity index (χ3v) is 4.20. The summed E-state index contributed by atoms with van der Waals surface area (Å²) in [5.41, 5.74) is 5.20. The van der Waals surface area contributed by atoms with E-state index in [1.54, 1.807) is 0 Å². The van der Waals surface area contributed by atoms with Crippen LogP contribution in [-0.2, 0) is 5.41 Å². The van der Waals surface area contributed by atoms with Crippen molar-refractivity contribution in [2.45, 2.75) is 33.1 Å². The van der Waals surface area contributed by atoms with Crippen molar-refractivity contribution in [1.29, 1.82) is 0 Å². The Morgan fingerprint density at radius 2 is 1.00 bits per heavy atom. The Labute approximate surface area is 144 Å². The molecule has 0 aliphatic carbocycles. The highest BCUT2D eigenvalue weighted by atomic mass is 16.5. The first kappa shape index (κ1) is 16.3. The summed E-state index contributed by atoms with van der Waals surface area (Å²) in [7, 11) is 0. The monoisotopic (exact) mass is 316 g/mol. The van der Waals surface area contributed by atoms with Crippen LogP contribution in [0.1, 0.15) is 31.9 Å². The van der Waals surface area contributed by atoms with Crippen LogP contribution >= 0.6 is 0 Å². The predicted octanol–water partition coefficient (Wildman–Crippen LogP) is 6.75. The molecule has 24 heavy (non-hydrogen) atoms. The number of aryl methyl sites for hydroxylation is 1. The quantitative estimate of drug-likeness (QED) is 0.519. The van der Waals surface area contributed by atoms with E-state index in [0.29, 0.717) is 0 Å². The van der Waals surface area contributed by atoms with Crippen LogP contribution < -0.4 is 4.74 Å². The molecule has 0 spiro atoms. The maximum Gasteiger partial charge on any atom is 0.127 e. The summed E-state index contributed by atoms with van der Waals surface area (Å²) in [4.78, 5) is 0. The fraction of sp³-hybridized carbons (Fsp3) is 0.217. The first-order valence-electron chi connectivity index (χ1n) is 8.37. The zero-order chi connectivity index (χ0) is 17.2. The molecule has 0 radical (unpaired) electrons. The molecule has 0 unspecified atom stereocenters. The van der Waals surface area contributed by atoms with E-state index in [-0.39, 0.29) is 5.41 Å². The molecule has 3 rings (SSSR count). The summed E-state index contributed by atoms with van der Waals surface area (Å²) < 4.78 is 5.89. The SMILES string of the molecule is Cc1ccc(Oc2ccc(-c3ccc(C(C)(C)C)cc3)cc2)cc1. The van der Waals surface area contributed by atoms with Crippen molar-refractivity contribution < 1.29 is 4.74 Å². The molecule has 0 amide bonds. The number of hydrogen-bond acceptors (Lipinski definition) is 1. The number of rotatable bonds is 3. The Hall–Kier alpha value is -2.54. The molecule has 0 saturated heterocycles. The van der Waals surface area contributed by atoms with Gasteiger partial charge in [-0.1, -0.05) is 74.9 Å². The predicted molar refractivity (Wildman–Crippen MR) is 102 cm³/mol. The molecule has 0 atom stereocenters. The van der Waals surface area contributed by atoms with Gasteiger partial charge in [-0.05, 0) is 53.3 Å². The van der Waals surface area contributed by atoms with E-state index >= 15 is 0 Å². The smallest absolute Gasteiger partial charge is 0.127 e. The summed E-state index contributed by atoms with van der Waals surface area (Å²) in [5, 5.41) is 0. The summed E-state index contributed by atoms with van der Waals surface area (Å²) in [6, 6.07) is 25.2. The van der Waals surface area contributed by atoms with Gasteiger partial charge in [0.25, 0.3) is 0 Å². The second kappa shape index (κ2) is 6.52. The number of ether oxygens (including phenoxy) is 1. The summed E-state index contributed by atoms with van der Waals surface area (Å²) in [6.07, 6.45) is 0. The van der Waals surface area contributed by atoms with Crippen LogP contribution in [0.5, 0.6) is 11.5 Å². The number of benzene rings is 3. The van der Waals surface area contributed by atoms with Gasteiger partial charge in [-0.2, -0.15) is 0 Å². The third kappa shape index (κ3) is 3.86. The third-order valence-electron chi connectivity index (χ3n) is 4.20. The normalized spacial score (nSPS) is 11.3. The Morgan fingerprint density at radius 1 is 0.583 bits per heavy atom. The fourth-order valence-corrected chi connectivity index (χ4v) is 2.62. The van der Waals surface area contributed by atoms with Crippen LogP contribution in [0, 0.1) is 6.92 Å². The molecule has 122 valence electrons. The summed E-state index contributed by atoms with van der Waals surface area (Å²) in [6.45, 7) is 8.78. The van der Waals surface area contributed by atoms with Crippen LogP contribution in [0.2, 0.25) is 0 Å². The molecule has 0 saturated carbocycles.